The number of rotatable bonds is 4. The molecule has 0 N–H and O–H groups in total. The molecule has 128 valence electrons. The van der Waals surface area contributed by atoms with Crippen LogP contribution in [0.15, 0.2) is 48.2 Å². The van der Waals surface area contributed by atoms with Gasteiger partial charge in [0.25, 0.3) is 0 Å². The van der Waals surface area contributed by atoms with E-state index in [2.05, 4.69) is 60.1 Å². The SMILES string of the molecule is CC1(C)CC(=O)C=C(N2CCN(CC=Cc3ccccc3)CC2)C1. The van der Waals surface area contributed by atoms with E-state index in [1.54, 1.807) is 0 Å². The van der Waals surface area contributed by atoms with Crippen molar-refractivity contribution in [2.24, 2.45) is 5.41 Å². The van der Waals surface area contributed by atoms with E-state index in [4.69, 9.17) is 0 Å². The number of ketones is 1. The van der Waals surface area contributed by atoms with Gasteiger partial charge in [-0.15, -0.1) is 0 Å². The topological polar surface area (TPSA) is 23.6 Å². The maximum atomic E-state index is 11.9. The van der Waals surface area contributed by atoms with Crippen molar-refractivity contribution in [1.29, 1.82) is 0 Å². The summed E-state index contributed by atoms with van der Waals surface area (Å²) in [4.78, 5) is 16.8. The lowest BCUT2D eigenvalue weighted by Crippen LogP contribution is -2.46. The van der Waals surface area contributed by atoms with Gasteiger partial charge in [-0.1, -0.05) is 56.3 Å². The van der Waals surface area contributed by atoms with E-state index in [1.165, 1.54) is 11.3 Å². The van der Waals surface area contributed by atoms with Crippen molar-refractivity contribution >= 4 is 11.9 Å². The Morgan fingerprint density at radius 1 is 1.04 bits per heavy atom. The first-order valence-electron chi connectivity index (χ1n) is 8.94. The van der Waals surface area contributed by atoms with Crippen molar-refractivity contribution in [3.8, 4) is 0 Å². The third-order valence-corrected chi connectivity index (χ3v) is 4.89. The standard InChI is InChI=1S/C21H28N2O/c1-21(2)16-19(15-20(24)17-21)23-13-11-22(12-14-23)10-6-9-18-7-4-3-5-8-18/h3-9,15H,10-14,16-17H2,1-2H3. The molecule has 0 bridgehead atoms. The Bertz CT molecular complexity index is 622. The van der Waals surface area contributed by atoms with Gasteiger partial charge in [0.1, 0.15) is 0 Å². The third kappa shape index (κ3) is 4.57. The largest absolute Gasteiger partial charge is 0.372 e. The number of carbonyl (C=O) groups excluding carboxylic acids is 1. The molecule has 0 radical (unpaired) electrons. The van der Waals surface area contributed by atoms with Gasteiger partial charge in [-0.25, -0.2) is 0 Å². The lowest BCUT2D eigenvalue weighted by Gasteiger charge is -2.40. The van der Waals surface area contributed by atoms with Gasteiger partial charge in [0.2, 0.25) is 0 Å². The molecule has 0 spiro atoms. The van der Waals surface area contributed by atoms with Gasteiger partial charge in [0.05, 0.1) is 0 Å². The zero-order chi connectivity index (χ0) is 17.0. The third-order valence-electron chi connectivity index (χ3n) is 4.89. The quantitative estimate of drug-likeness (QED) is 0.845. The molecular formula is C21H28N2O. The highest BCUT2D eigenvalue weighted by molar-refractivity contribution is 5.91. The van der Waals surface area contributed by atoms with Gasteiger partial charge in [-0.3, -0.25) is 9.69 Å². The Morgan fingerprint density at radius 2 is 1.75 bits per heavy atom. The first-order chi connectivity index (χ1) is 11.5. The van der Waals surface area contributed by atoms with Crippen LogP contribution in [0, 0.1) is 5.41 Å². The van der Waals surface area contributed by atoms with Crippen LogP contribution in [-0.2, 0) is 4.79 Å². The molecular weight excluding hydrogens is 296 g/mol. The van der Waals surface area contributed by atoms with E-state index < -0.39 is 0 Å². The van der Waals surface area contributed by atoms with Gasteiger partial charge in [-0.2, -0.15) is 0 Å². The highest BCUT2D eigenvalue weighted by Gasteiger charge is 2.30. The second-order valence-electron chi connectivity index (χ2n) is 7.72. The maximum absolute atomic E-state index is 11.9. The van der Waals surface area contributed by atoms with E-state index in [1.807, 2.05) is 12.1 Å². The normalized spacial score (nSPS) is 22.0. The summed E-state index contributed by atoms with van der Waals surface area (Å²) in [5.41, 5.74) is 2.61. The molecule has 3 heteroatoms. The minimum absolute atomic E-state index is 0.108. The summed E-state index contributed by atoms with van der Waals surface area (Å²) in [5.74, 6) is 0.287. The first-order valence-corrected chi connectivity index (χ1v) is 8.94. The Labute approximate surface area is 145 Å². The molecule has 0 saturated carbocycles. The number of hydrogen-bond donors (Lipinski definition) is 0. The fourth-order valence-corrected chi connectivity index (χ4v) is 3.64. The van der Waals surface area contributed by atoms with Crippen LogP contribution < -0.4 is 0 Å². The van der Waals surface area contributed by atoms with Crippen molar-refractivity contribution in [3.05, 3.63) is 53.7 Å². The van der Waals surface area contributed by atoms with Crippen molar-refractivity contribution < 1.29 is 4.79 Å². The molecule has 1 aromatic rings. The number of allylic oxidation sites excluding steroid dienone is 2. The van der Waals surface area contributed by atoms with Gasteiger partial charge >= 0.3 is 0 Å². The summed E-state index contributed by atoms with van der Waals surface area (Å²) >= 11 is 0. The molecule has 0 aromatic heterocycles. The zero-order valence-electron chi connectivity index (χ0n) is 14.9. The molecule has 3 nitrogen and oxygen atoms in total. The fraction of sp³-hybridized carbons (Fsp3) is 0.476. The minimum Gasteiger partial charge on any atom is -0.372 e. The van der Waals surface area contributed by atoms with E-state index in [9.17, 15) is 4.79 Å². The van der Waals surface area contributed by atoms with Gasteiger partial charge < -0.3 is 4.90 Å². The Balaban J connectivity index is 1.49. The predicted octanol–water partition coefficient (Wildman–Crippen LogP) is 3.59. The van der Waals surface area contributed by atoms with Crippen LogP contribution in [0.2, 0.25) is 0 Å². The van der Waals surface area contributed by atoms with Crippen LogP contribution in [0.4, 0.5) is 0 Å². The van der Waals surface area contributed by atoms with Crippen LogP contribution in [0.1, 0.15) is 32.3 Å². The smallest absolute Gasteiger partial charge is 0.157 e. The summed E-state index contributed by atoms with van der Waals surface area (Å²) in [7, 11) is 0. The lowest BCUT2D eigenvalue weighted by atomic mass is 9.78. The summed E-state index contributed by atoms with van der Waals surface area (Å²) in [6, 6.07) is 10.4. The Hall–Kier alpha value is -1.87. The lowest BCUT2D eigenvalue weighted by molar-refractivity contribution is -0.117. The molecule has 1 aromatic carbocycles. The van der Waals surface area contributed by atoms with E-state index in [-0.39, 0.29) is 11.2 Å². The second-order valence-corrected chi connectivity index (χ2v) is 7.72. The average Bonchev–Trinajstić information content (AvgIpc) is 2.55. The molecule has 24 heavy (non-hydrogen) atoms. The van der Waals surface area contributed by atoms with E-state index in [0.717, 1.165) is 39.1 Å². The summed E-state index contributed by atoms with van der Waals surface area (Å²) in [5, 5.41) is 0. The van der Waals surface area contributed by atoms with E-state index >= 15 is 0 Å². The van der Waals surface area contributed by atoms with Gasteiger partial charge in [-0.05, 0) is 17.4 Å². The Kier molecular flexibility index (Phi) is 5.20. The predicted molar refractivity (Wildman–Crippen MR) is 99.6 cm³/mol. The van der Waals surface area contributed by atoms with Crippen molar-refractivity contribution in [2.75, 3.05) is 32.7 Å². The minimum atomic E-state index is 0.108. The molecule has 1 saturated heterocycles. The van der Waals surface area contributed by atoms with E-state index in [0.29, 0.717) is 6.42 Å². The van der Waals surface area contributed by atoms with Gasteiger partial charge in [0.15, 0.2) is 5.78 Å². The van der Waals surface area contributed by atoms with Crippen molar-refractivity contribution in [2.45, 2.75) is 26.7 Å². The molecule has 1 aliphatic carbocycles. The second kappa shape index (κ2) is 7.35. The molecule has 2 aliphatic rings. The molecule has 1 aliphatic heterocycles. The average molecular weight is 324 g/mol. The molecule has 0 unspecified atom stereocenters. The summed E-state index contributed by atoms with van der Waals surface area (Å²) in [6.07, 6.45) is 8.03. The highest BCUT2D eigenvalue weighted by Crippen LogP contribution is 2.35. The number of piperazine rings is 1. The van der Waals surface area contributed by atoms with Crippen LogP contribution in [0.5, 0.6) is 0 Å². The van der Waals surface area contributed by atoms with Crippen molar-refractivity contribution in [3.63, 3.8) is 0 Å². The highest BCUT2D eigenvalue weighted by atomic mass is 16.1. The fourth-order valence-electron chi connectivity index (χ4n) is 3.64. The molecule has 1 heterocycles. The molecule has 3 rings (SSSR count). The number of nitrogens with zero attached hydrogens (tertiary/aromatic N) is 2. The Morgan fingerprint density at radius 3 is 2.42 bits per heavy atom. The number of carbonyl (C=O) groups is 1. The number of hydrogen-bond acceptors (Lipinski definition) is 3. The van der Waals surface area contributed by atoms with Gasteiger partial charge in [0, 0.05) is 50.9 Å². The van der Waals surface area contributed by atoms with Crippen LogP contribution in [-0.4, -0.2) is 48.3 Å². The van der Waals surface area contributed by atoms with Crippen LogP contribution in [0.25, 0.3) is 6.08 Å². The first kappa shape index (κ1) is 17.0. The van der Waals surface area contributed by atoms with Crippen LogP contribution >= 0.6 is 0 Å². The molecule has 0 atom stereocenters. The summed E-state index contributed by atoms with van der Waals surface area (Å²) < 4.78 is 0. The number of benzene rings is 1. The maximum Gasteiger partial charge on any atom is 0.157 e. The molecule has 1 fully saturated rings. The zero-order valence-corrected chi connectivity index (χ0v) is 14.9. The van der Waals surface area contributed by atoms with Crippen LogP contribution in [0.3, 0.4) is 0 Å². The summed E-state index contributed by atoms with van der Waals surface area (Å²) in [6.45, 7) is 9.55. The monoisotopic (exact) mass is 324 g/mol. The molecule has 0 amide bonds. The van der Waals surface area contributed by atoms with Crippen molar-refractivity contribution in [1.82, 2.24) is 9.80 Å².